The summed E-state index contributed by atoms with van der Waals surface area (Å²) < 4.78 is 0. The monoisotopic (exact) mass is 322 g/mol. The summed E-state index contributed by atoms with van der Waals surface area (Å²) in [5, 5.41) is 0. The van der Waals surface area contributed by atoms with Crippen LogP contribution in [0.3, 0.4) is 0 Å². The summed E-state index contributed by atoms with van der Waals surface area (Å²) in [6.45, 7) is 1.55. The van der Waals surface area contributed by atoms with Gasteiger partial charge in [-0.05, 0) is 49.9 Å². The van der Waals surface area contributed by atoms with E-state index in [1.807, 2.05) is 37.4 Å². The minimum absolute atomic E-state index is 0.174. The molecule has 3 heteroatoms. The van der Waals surface area contributed by atoms with Crippen LogP contribution < -0.4 is 4.90 Å². The van der Waals surface area contributed by atoms with Crippen molar-refractivity contribution >= 4 is 11.6 Å². The Balaban J connectivity index is 1.54. The number of aryl methyl sites for hydroxylation is 1. The lowest BCUT2D eigenvalue weighted by molar-refractivity contribution is -0.119. The van der Waals surface area contributed by atoms with E-state index in [2.05, 4.69) is 35.2 Å². The van der Waals surface area contributed by atoms with Gasteiger partial charge in [0, 0.05) is 18.8 Å². The van der Waals surface area contributed by atoms with Crippen LogP contribution in [0.4, 0.5) is 5.69 Å². The molecule has 0 unspecified atom stereocenters. The van der Waals surface area contributed by atoms with Crippen molar-refractivity contribution < 1.29 is 4.79 Å². The molecular formula is C21H26N2O. The molecule has 0 radical (unpaired) electrons. The van der Waals surface area contributed by atoms with Gasteiger partial charge < -0.3 is 4.90 Å². The molecule has 0 bridgehead atoms. The van der Waals surface area contributed by atoms with Gasteiger partial charge in [-0.25, -0.2) is 0 Å². The highest BCUT2D eigenvalue weighted by atomic mass is 16.2. The minimum atomic E-state index is 0.174. The average Bonchev–Trinajstić information content (AvgIpc) is 3.08. The second-order valence-electron chi connectivity index (χ2n) is 6.58. The zero-order chi connectivity index (χ0) is 16.8. The standard InChI is InChI=1S/C21H26N2O/c1-22(19-11-6-3-7-12-19)21(24)17-23-16-8-13-20(23)15-14-18-9-4-2-5-10-18/h2-7,9-12,20H,8,13-17H2,1H3/t20-/m0/s1. The molecule has 2 aromatic rings. The molecule has 1 aliphatic rings. The van der Waals surface area contributed by atoms with Crippen molar-refractivity contribution in [2.45, 2.75) is 31.7 Å². The van der Waals surface area contributed by atoms with E-state index in [4.69, 9.17) is 0 Å². The summed E-state index contributed by atoms with van der Waals surface area (Å²) in [4.78, 5) is 16.7. The van der Waals surface area contributed by atoms with Crippen LogP contribution in [-0.4, -0.2) is 37.0 Å². The van der Waals surface area contributed by atoms with Crippen molar-refractivity contribution in [3.05, 3.63) is 66.2 Å². The minimum Gasteiger partial charge on any atom is -0.314 e. The molecule has 0 saturated carbocycles. The molecule has 0 N–H and O–H groups in total. The molecule has 2 aromatic carbocycles. The van der Waals surface area contributed by atoms with Crippen LogP contribution in [0.5, 0.6) is 0 Å². The zero-order valence-electron chi connectivity index (χ0n) is 14.4. The predicted octanol–water partition coefficient (Wildman–Crippen LogP) is 3.75. The lowest BCUT2D eigenvalue weighted by Gasteiger charge is -2.26. The van der Waals surface area contributed by atoms with E-state index in [1.165, 1.54) is 18.4 Å². The van der Waals surface area contributed by atoms with Crippen LogP contribution >= 0.6 is 0 Å². The summed E-state index contributed by atoms with van der Waals surface area (Å²) in [5.41, 5.74) is 2.35. The number of para-hydroxylation sites is 1. The summed E-state index contributed by atoms with van der Waals surface area (Å²) in [7, 11) is 1.87. The summed E-state index contributed by atoms with van der Waals surface area (Å²) >= 11 is 0. The second-order valence-corrected chi connectivity index (χ2v) is 6.58. The first kappa shape index (κ1) is 16.7. The molecule has 0 spiro atoms. The molecular weight excluding hydrogens is 296 g/mol. The zero-order valence-corrected chi connectivity index (χ0v) is 14.4. The molecule has 1 amide bonds. The molecule has 1 fully saturated rings. The SMILES string of the molecule is CN(C(=O)CN1CCC[C@H]1CCc1ccccc1)c1ccccc1. The van der Waals surface area contributed by atoms with E-state index in [1.54, 1.807) is 4.90 Å². The van der Waals surface area contributed by atoms with Crippen molar-refractivity contribution in [1.82, 2.24) is 4.90 Å². The lowest BCUT2D eigenvalue weighted by atomic mass is 10.0. The quantitative estimate of drug-likeness (QED) is 0.809. The first-order valence-corrected chi connectivity index (χ1v) is 8.83. The molecule has 24 heavy (non-hydrogen) atoms. The molecule has 1 aliphatic heterocycles. The number of benzene rings is 2. The van der Waals surface area contributed by atoms with Gasteiger partial charge in [0.1, 0.15) is 0 Å². The molecule has 1 saturated heterocycles. The average molecular weight is 322 g/mol. The lowest BCUT2D eigenvalue weighted by Crippen LogP contribution is -2.40. The molecule has 1 heterocycles. The predicted molar refractivity (Wildman–Crippen MR) is 99.2 cm³/mol. The van der Waals surface area contributed by atoms with E-state index in [0.717, 1.165) is 25.1 Å². The van der Waals surface area contributed by atoms with Crippen LogP contribution in [0.25, 0.3) is 0 Å². The van der Waals surface area contributed by atoms with Crippen LogP contribution in [0.15, 0.2) is 60.7 Å². The number of likely N-dealkylation sites (N-methyl/N-ethyl adjacent to an activating group) is 1. The van der Waals surface area contributed by atoms with Crippen molar-refractivity contribution in [2.24, 2.45) is 0 Å². The smallest absolute Gasteiger partial charge is 0.240 e. The Morgan fingerprint density at radius 3 is 2.46 bits per heavy atom. The summed E-state index contributed by atoms with van der Waals surface area (Å²) in [6, 6.07) is 21.0. The Bertz CT molecular complexity index is 641. The van der Waals surface area contributed by atoms with Gasteiger partial charge in [0.25, 0.3) is 0 Å². The Hall–Kier alpha value is -2.13. The van der Waals surface area contributed by atoms with E-state index in [-0.39, 0.29) is 5.91 Å². The number of nitrogens with zero attached hydrogens (tertiary/aromatic N) is 2. The highest BCUT2D eigenvalue weighted by Crippen LogP contribution is 2.22. The molecule has 3 nitrogen and oxygen atoms in total. The normalized spacial score (nSPS) is 17.8. The van der Waals surface area contributed by atoms with Crippen LogP contribution in [-0.2, 0) is 11.2 Å². The van der Waals surface area contributed by atoms with Gasteiger partial charge in [-0.15, -0.1) is 0 Å². The van der Waals surface area contributed by atoms with Crippen LogP contribution in [0.1, 0.15) is 24.8 Å². The number of carbonyl (C=O) groups excluding carboxylic acids is 1. The first-order chi connectivity index (χ1) is 11.7. The van der Waals surface area contributed by atoms with Crippen molar-refractivity contribution in [3.8, 4) is 0 Å². The molecule has 126 valence electrons. The van der Waals surface area contributed by atoms with Crippen molar-refractivity contribution in [3.63, 3.8) is 0 Å². The van der Waals surface area contributed by atoms with Gasteiger partial charge in [-0.1, -0.05) is 48.5 Å². The van der Waals surface area contributed by atoms with Gasteiger partial charge in [-0.2, -0.15) is 0 Å². The number of anilines is 1. The maximum atomic E-state index is 12.6. The first-order valence-electron chi connectivity index (χ1n) is 8.83. The second kappa shape index (κ2) is 8.11. The third-order valence-corrected chi connectivity index (χ3v) is 4.96. The molecule has 0 aliphatic carbocycles. The van der Waals surface area contributed by atoms with Crippen LogP contribution in [0, 0.1) is 0 Å². The number of amides is 1. The number of carbonyl (C=O) groups is 1. The fourth-order valence-corrected chi connectivity index (χ4v) is 3.48. The molecule has 1 atom stereocenters. The van der Waals surface area contributed by atoms with E-state index in [9.17, 15) is 4.79 Å². The summed E-state index contributed by atoms with van der Waals surface area (Å²) in [5.74, 6) is 0.174. The van der Waals surface area contributed by atoms with Crippen molar-refractivity contribution in [1.29, 1.82) is 0 Å². The maximum absolute atomic E-state index is 12.6. The number of likely N-dealkylation sites (tertiary alicyclic amines) is 1. The van der Waals surface area contributed by atoms with Crippen molar-refractivity contribution in [2.75, 3.05) is 25.0 Å². The van der Waals surface area contributed by atoms with Gasteiger partial charge in [-0.3, -0.25) is 9.69 Å². The van der Waals surface area contributed by atoms with Gasteiger partial charge in [0.05, 0.1) is 6.54 Å². The Morgan fingerprint density at radius 2 is 1.75 bits per heavy atom. The fourth-order valence-electron chi connectivity index (χ4n) is 3.48. The largest absolute Gasteiger partial charge is 0.314 e. The third kappa shape index (κ3) is 4.24. The third-order valence-electron chi connectivity index (χ3n) is 4.96. The number of hydrogen-bond acceptors (Lipinski definition) is 2. The van der Waals surface area contributed by atoms with E-state index >= 15 is 0 Å². The summed E-state index contributed by atoms with van der Waals surface area (Å²) in [6.07, 6.45) is 4.62. The van der Waals surface area contributed by atoms with Gasteiger partial charge in [0.15, 0.2) is 0 Å². The highest BCUT2D eigenvalue weighted by Gasteiger charge is 2.27. The highest BCUT2D eigenvalue weighted by molar-refractivity contribution is 5.94. The Morgan fingerprint density at radius 1 is 1.08 bits per heavy atom. The topological polar surface area (TPSA) is 23.6 Å². The number of rotatable bonds is 6. The van der Waals surface area contributed by atoms with Gasteiger partial charge in [0.2, 0.25) is 5.91 Å². The van der Waals surface area contributed by atoms with Crippen LogP contribution in [0.2, 0.25) is 0 Å². The van der Waals surface area contributed by atoms with E-state index < -0.39 is 0 Å². The van der Waals surface area contributed by atoms with Gasteiger partial charge >= 0.3 is 0 Å². The molecule has 0 aromatic heterocycles. The number of hydrogen-bond donors (Lipinski definition) is 0. The Kier molecular flexibility index (Phi) is 5.65. The Labute approximate surface area is 144 Å². The van der Waals surface area contributed by atoms with E-state index in [0.29, 0.717) is 12.6 Å². The maximum Gasteiger partial charge on any atom is 0.240 e. The molecule has 3 rings (SSSR count). The fraction of sp³-hybridized carbons (Fsp3) is 0.381.